The van der Waals surface area contributed by atoms with Gasteiger partial charge in [0, 0.05) is 0 Å². The highest BCUT2D eigenvalue weighted by Gasteiger charge is 1.89. The van der Waals surface area contributed by atoms with Crippen LogP contribution in [0, 0.1) is 0 Å². The molecule has 0 aliphatic heterocycles. The Hall–Kier alpha value is 0.0649. The van der Waals surface area contributed by atoms with E-state index in [-0.39, 0.29) is 0 Å². The van der Waals surface area contributed by atoms with Gasteiger partial charge in [0.05, 0.1) is 0 Å². The van der Waals surface area contributed by atoms with Gasteiger partial charge in [-0.05, 0) is 0 Å². The minimum absolute atomic E-state index is 1.37. The van der Waals surface area contributed by atoms with Crippen LogP contribution >= 0.6 is 0 Å². The first kappa shape index (κ1) is 10.1. The minimum Gasteiger partial charge on any atom is -0.0774 e. The molecular formula is C9H21B. The van der Waals surface area contributed by atoms with E-state index in [1.54, 1.807) is 0 Å². The first-order valence-electron chi connectivity index (χ1n) is 4.91. The van der Waals surface area contributed by atoms with Crippen LogP contribution in [0.25, 0.3) is 0 Å². The van der Waals surface area contributed by atoms with Crippen molar-refractivity contribution in [1.29, 1.82) is 0 Å². The van der Waals surface area contributed by atoms with E-state index in [1.807, 2.05) is 0 Å². The summed E-state index contributed by atoms with van der Waals surface area (Å²) in [6.45, 7) is 4.54. The Morgan fingerprint density at radius 3 is 2.00 bits per heavy atom. The van der Waals surface area contributed by atoms with Crippen molar-refractivity contribution < 1.29 is 0 Å². The van der Waals surface area contributed by atoms with Gasteiger partial charge in [0.2, 0.25) is 0 Å². The van der Waals surface area contributed by atoms with Gasteiger partial charge in [-0.25, -0.2) is 0 Å². The Labute approximate surface area is 66.6 Å². The molecule has 0 spiro atoms. The molecule has 0 unspecified atom stereocenters. The Balaban J connectivity index is 2.65. The van der Waals surface area contributed by atoms with Crippen LogP contribution in [0.1, 0.15) is 46.0 Å². The third kappa shape index (κ3) is 8.06. The van der Waals surface area contributed by atoms with E-state index < -0.39 is 0 Å². The van der Waals surface area contributed by atoms with E-state index in [1.165, 1.54) is 52.0 Å². The highest BCUT2D eigenvalue weighted by Crippen LogP contribution is 2.02. The standard InChI is InChI=1S/C9H21B/c1-3-5-7-9-10-8-6-4-2/h10H,3-9H2,1-2H3. The van der Waals surface area contributed by atoms with Gasteiger partial charge >= 0.3 is 0 Å². The number of hydrogen-bond donors (Lipinski definition) is 0. The molecule has 0 bridgehead atoms. The SMILES string of the molecule is CCCCBCCCCC. The van der Waals surface area contributed by atoms with Gasteiger partial charge in [0.15, 0.2) is 0 Å². The quantitative estimate of drug-likeness (QED) is 0.376. The normalized spacial score (nSPS) is 9.80. The van der Waals surface area contributed by atoms with E-state index >= 15 is 0 Å². The monoisotopic (exact) mass is 140 g/mol. The molecule has 0 N–H and O–H groups in total. The molecule has 0 aromatic rings. The predicted molar refractivity (Wildman–Crippen MR) is 51.2 cm³/mol. The van der Waals surface area contributed by atoms with Crippen molar-refractivity contribution in [3.63, 3.8) is 0 Å². The molecule has 0 fully saturated rings. The molecule has 0 aromatic carbocycles. The van der Waals surface area contributed by atoms with Crippen LogP contribution < -0.4 is 0 Å². The van der Waals surface area contributed by atoms with Crippen LogP contribution in [-0.2, 0) is 0 Å². The highest BCUT2D eigenvalue weighted by atomic mass is 13.8. The van der Waals surface area contributed by atoms with Gasteiger partial charge in [-0.2, -0.15) is 0 Å². The third-order valence-corrected chi connectivity index (χ3v) is 1.96. The van der Waals surface area contributed by atoms with Crippen molar-refractivity contribution in [2.75, 3.05) is 0 Å². The average molecular weight is 140 g/mol. The fourth-order valence-corrected chi connectivity index (χ4v) is 1.21. The molecule has 0 atom stereocenters. The van der Waals surface area contributed by atoms with Gasteiger partial charge < -0.3 is 0 Å². The fraction of sp³-hybridized carbons (Fsp3) is 1.00. The van der Waals surface area contributed by atoms with Gasteiger partial charge in [0.25, 0.3) is 0 Å². The Kier molecular flexibility index (Phi) is 9.12. The van der Waals surface area contributed by atoms with Crippen LogP contribution in [0.15, 0.2) is 0 Å². The topological polar surface area (TPSA) is 0 Å². The lowest BCUT2D eigenvalue weighted by atomic mass is 9.68. The molecule has 0 aliphatic rings. The van der Waals surface area contributed by atoms with Crippen LogP contribution in [-0.4, -0.2) is 7.28 Å². The molecule has 0 radical (unpaired) electrons. The summed E-state index contributed by atoms with van der Waals surface area (Å²) in [5, 5.41) is 0. The lowest BCUT2D eigenvalue weighted by Crippen LogP contribution is -1.88. The first-order valence-corrected chi connectivity index (χ1v) is 4.91. The Bertz CT molecular complexity index is 44.7. The molecule has 60 valence electrons. The van der Waals surface area contributed by atoms with Gasteiger partial charge in [-0.15, -0.1) is 0 Å². The molecule has 0 heterocycles. The summed E-state index contributed by atoms with van der Waals surface area (Å²) in [4.78, 5) is 0. The third-order valence-electron chi connectivity index (χ3n) is 1.96. The van der Waals surface area contributed by atoms with Crippen LogP contribution in [0.4, 0.5) is 0 Å². The Morgan fingerprint density at radius 1 is 0.800 bits per heavy atom. The summed E-state index contributed by atoms with van der Waals surface area (Å²) in [6, 6.07) is 0. The molecule has 0 saturated heterocycles. The van der Waals surface area contributed by atoms with E-state index in [0.717, 1.165) is 0 Å². The molecular weight excluding hydrogens is 119 g/mol. The molecule has 1 heteroatoms. The summed E-state index contributed by atoms with van der Waals surface area (Å²) in [6.07, 6.45) is 9.99. The van der Waals surface area contributed by atoms with Gasteiger partial charge in [0.1, 0.15) is 7.28 Å². The largest absolute Gasteiger partial charge is 0.120 e. The van der Waals surface area contributed by atoms with E-state index in [2.05, 4.69) is 13.8 Å². The van der Waals surface area contributed by atoms with Gasteiger partial charge in [-0.3, -0.25) is 0 Å². The first-order chi connectivity index (χ1) is 4.91. The van der Waals surface area contributed by atoms with E-state index in [4.69, 9.17) is 0 Å². The maximum atomic E-state index is 2.27. The van der Waals surface area contributed by atoms with Gasteiger partial charge in [-0.1, -0.05) is 58.6 Å². The average Bonchev–Trinajstić information content (AvgIpc) is 1.97. The molecule has 0 aromatic heterocycles. The molecule has 10 heavy (non-hydrogen) atoms. The number of rotatable bonds is 7. The molecule has 0 nitrogen and oxygen atoms in total. The van der Waals surface area contributed by atoms with E-state index in [9.17, 15) is 0 Å². The highest BCUT2D eigenvalue weighted by molar-refractivity contribution is 6.35. The van der Waals surface area contributed by atoms with Crippen LogP contribution in [0.2, 0.25) is 12.6 Å². The molecule has 0 saturated carbocycles. The summed E-state index contributed by atoms with van der Waals surface area (Å²) in [5.41, 5.74) is 0. The van der Waals surface area contributed by atoms with Crippen LogP contribution in [0.5, 0.6) is 0 Å². The zero-order valence-corrected chi connectivity index (χ0v) is 7.66. The Morgan fingerprint density at radius 2 is 1.40 bits per heavy atom. The summed E-state index contributed by atoms with van der Waals surface area (Å²) >= 11 is 0. The maximum absolute atomic E-state index is 2.27. The molecule has 0 rings (SSSR count). The second-order valence-electron chi connectivity index (χ2n) is 3.12. The molecule has 0 aliphatic carbocycles. The number of unbranched alkanes of at least 4 members (excludes halogenated alkanes) is 3. The fourth-order valence-electron chi connectivity index (χ4n) is 1.21. The zero-order valence-electron chi connectivity index (χ0n) is 7.66. The molecule has 0 amide bonds. The smallest absolute Gasteiger partial charge is 0.0774 e. The van der Waals surface area contributed by atoms with Crippen LogP contribution in [0.3, 0.4) is 0 Å². The van der Waals surface area contributed by atoms with E-state index in [0.29, 0.717) is 0 Å². The summed E-state index contributed by atoms with van der Waals surface area (Å²) < 4.78 is 0. The zero-order chi connectivity index (χ0) is 7.66. The van der Waals surface area contributed by atoms with Crippen molar-refractivity contribution >= 4 is 7.28 Å². The second-order valence-corrected chi connectivity index (χ2v) is 3.12. The lowest BCUT2D eigenvalue weighted by Gasteiger charge is -1.95. The second kappa shape index (κ2) is 9.06. The van der Waals surface area contributed by atoms with Crippen molar-refractivity contribution in [2.45, 2.75) is 58.6 Å². The van der Waals surface area contributed by atoms with Crippen molar-refractivity contribution in [3.05, 3.63) is 0 Å². The van der Waals surface area contributed by atoms with Crippen molar-refractivity contribution in [2.24, 2.45) is 0 Å². The van der Waals surface area contributed by atoms with Crippen molar-refractivity contribution in [1.82, 2.24) is 0 Å². The predicted octanol–water partition coefficient (Wildman–Crippen LogP) is 3.25. The summed E-state index contributed by atoms with van der Waals surface area (Å²) in [5.74, 6) is 0. The number of hydrogen-bond acceptors (Lipinski definition) is 0. The summed E-state index contributed by atoms with van der Waals surface area (Å²) in [7, 11) is 1.47. The minimum atomic E-state index is 1.37. The maximum Gasteiger partial charge on any atom is 0.120 e. The lowest BCUT2D eigenvalue weighted by molar-refractivity contribution is 0.765. The van der Waals surface area contributed by atoms with Crippen molar-refractivity contribution in [3.8, 4) is 0 Å².